The summed E-state index contributed by atoms with van der Waals surface area (Å²) < 4.78 is 0. The quantitative estimate of drug-likeness (QED) is 0.610. The number of ketones is 1. The summed E-state index contributed by atoms with van der Waals surface area (Å²) in [5.74, 6) is 2.01. The Morgan fingerprint density at radius 2 is 2.23 bits per heavy atom. The van der Waals surface area contributed by atoms with Crippen LogP contribution in [0.2, 0.25) is 0 Å². The molecule has 1 rings (SSSR count). The molecule has 0 bridgehead atoms. The van der Waals surface area contributed by atoms with Crippen LogP contribution >= 0.6 is 0 Å². The summed E-state index contributed by atoms with van der Waals surface area (Å²) in [5, 5.41) is 0. The average molecular weight is 182 g/mol. The molecule has 1 nitrogen and oxygen atoms in total. The van der Waals surface area contributed by atoms with Gasteiger partial charge in [-0.3, -0.25) is 4.79 Å². The van der Waals surface area contributed by atoms with Crippen LogP contribution in [0, 0.1) is 11.8 Å². The summed E-state index contributed by atoms with van der Waals surface area (Å²) in [6.07, 6.45) is 7.92. The van der Waals surface area contributed by atoms with E-state index in [1.54, 1.807) is 0 Å². The second-order valence-corrected chi connectivity index (χ2v) is 4.60. The first-order chi connectivity index (χ1) is 6.22. The fourth-order valence-electron chi connectivity index (χ4n) is 2.22. The van der Waals surface area contributed by atoms with E-state index in [2.05, 4.69) is 13.8 Å². The van der Waals surface area contributed by atoms with Gasteiger partial charge in [0.25, 0.3) is 0 Å². The molecule has 0 N–H and O–H groups in total. The molecule has 76 valence electrons. The van der Waals surface area contributed by atoms with Crippen LogP contribution in [0.25, 0.3) is 0 Å². The standard InChI is InChI=1S/C12H22O/c1-3-10(2)8-11-6-4-5-7-12(13)9-11/h10-11H,3-9H2,1-2H3. The maximum absolute atomic E-state index is 11.4. The minimum Gasteiger partial charge on any atom is -0.300 e. The molecular weight excluding hydrogens is 160 g/mol. The maximum Gasteiger partial charge on any atom is 0.133 e. The molecule has 0 aromatic rings. The largest absolute Gasteiger partial charge is 0.300 e. The second kappa shape index (κ2) is 5.41. The lowest BCUT2D eigenvalue weighted by Crippen LogP contribution is -2.09. The molecule has 0 aromatic carbocycles. The zero-order valence-corrected chi connectivity index (χ0v) is 9.01. The van der Waals surface area contributed by atoms with Crippen molar-refractivity contribution < 1.29 is 4.79 Å². The van der Waals surface area contributed by atoms with Crippen molar-refractivity contribution in [2.24, 2.45) is 11.8 Å². The van der Waals surface area contributed by atoms with E-state index in [1.807, 2.05) is 0 Å². The van der Waals surface area contributed by atoms with Gasteiger partial charge in [-0.1, -0.05) is 33.1 Å². The minimum atomic E-state index is 0.505. The molecule has 0 saturated heterocycles. The van der Waals surface area contributed by atoms with Gasteiger partial charge in [0.1, 0.15) is 5.78 Å². The lowest BCUT2D eigenvalue weighted by atomic mass is 9.88. The molecule has 13 heavy (non-hydrogen) atoms. The Labute approximate surface area is 81.9 Å². The van der Waals surface area contributed by atoms with Crippen molar-refractivity contribution in [3.05, 3.63) is 0 Å². The highest BCUT2D eigenvalue weighted by Crippen LogP contribution is 2.27. The van der Waals surface area contributed by atoms with E-state index in [0.717, 1.165) is 25.2 Å². The van der Waals surface area contributed by atoms with Crippen molar-refractivity contribution in [1.29, 1.82) is 0 Å². The first-order valence-corrected chi connectivity index (χ1v) is 5.74. The molecule has 1 saturated carbocycles. The predicted octanol–water partition coefficient (Wildman–Crippen LogP) is 3.57. The average Bonchev–Trinajstić information content (AvgIpc) is 2.30. The van der Waals surface area contributed by atoms with Crippen molar-refractivity contribution in [1.82, 2.24) is 0 Å². The highest BCUT2D eigenvalue weighted by Gasteiger charge is 2.18. The van der Waals surface area contributed by atoms with E-state index in [-0.39, 0.29) is 0 Å². The molecule has 0 amide bonds. The number of carbonyl (C=O) groups is 1. The molecule has 2 unspecified atom stereocenters. The smallest absolute Gasteiger partial charge is 0.133 e. The van der Waals surface area contributed by atoms with E-state index in [4.69, 9.17) is 0 Å². The predicted molar refractivity (Wildman–Crippen MR) is 55.7 cm³/mol. The third kappa shape index (κ3) is 3.93. The van der Waals surface area contributed by atoms with Gasteiger partial charge in [-0.25, -0.2) is 0 Å². The molecule has 1 fully saturated rings. The highest BCUT2D eigenvalue weighted by atomic mass is 16.1. The molecular formula is C12H22O. The Bertz CT molecular complexity index is 163. The molecule has 2 atom stereocenters. The van der Waals surface area contributed by atoms with E-state index < -0.39 is 0 Å². The Kier molecular flexibility index (Phi) is 4.47. The number of hydrogen-bond acceptors (Lipinski definition) is 1. The zero-order valence-electron chi connectivity index (χ0n) is 9.01. The molecule has 0 heterocycles. The first kappa shape index (κ1) is 10.7. The van der Waals surface area contributed by atoms with Gasteiger partial charge < -0.3 is 0 Å². The van der Waals surface area contributed by atoms with Crippen LogP contribution in [-0.2, 0) is 4.79 Å². The highest BCUT2D eigenvalue weighted by molar-refractivity contribution is 5.78. The van der Waals surface area contributed by atoms with Crippen LogP contribution in [0.4, 0.5) is 0 Å². The normalized spacial score (nSPS) is 26.9. The monoisotopic (exact) mass is 182 g/mol. The van der Waals surface area contributed by atoms with Gasteiger partial charge in [0.15, 0.2) is 0 Å². The van der Waals surface area contributed by atoms with Gasteiger partial charge in [0.2, 0.25) is 0 Å². The summed E-state index contributed by atoms with van der Waals surface area (Å²) in [6, 6.07) is 0. The van der Waals surface area contributed by atoms with E-state index in [1.165, 1.54) is 25.7 Å². The Balaban J connectivity index is 2.34. The third-order valence-corrected chi connectivity index (χ3v) is 3.27. The third-order valence-electron chi connectivity index (χ3n) is 3.27. The Morgan fingerprint density at radius 1 is 1.46 bits per heavy atom. The van der Waals surface area contributed by atoms with Gasteiger partial charge in [-0.2, -0.15) is 0 Å². The second-order valence-electron chi connectivity index (χ2n) is 4.60. The van der Waals surface area contributed by atoms with Gasteiger partial charge in [0, 0.05) is 12.8 Å². The summed E-state index contributed by atoms with van der Waals surface area (Å²) in [4.78, 5) is 11.4. The van der Waals surface area contributed by atoms with Gasteiger partial charge >= 0.3 is 0 Å². The van der Waals surface area contributed by atoms with Crippen molar-refractivity contribution in [2.45, 2.75) is 58.8 Å². The van der Waals surface area contributed by atoms with Gasteiger partial charge in [0.05, 0.1) is 0 Å². The van der Waals surface area contributed by atoms with E-state index in [9.17, 15) is 4.79 Å². The van der Waals surface area contributed by atoms with Crippen LogP contribution in [0.3, 0.4) is 0 Å². The van der Waals surface area contributed by atoms with Crippen LogP contribution in [-0.4, -0.2) is 5.78 Å². The SMILES string of the molecule is CCC(C)CC1CCCCC(=O)C1. The van der Waals surface area contributed by atoms with Crippen molar-refractivity contribution in [3.8, 4) is 0 Å². The molecule has 1 aliphatic rings. The van der Waals surface area contributed by atoms with E-state index in [0.29, 0.717) is 11.7 Å². The van der Waals surface area contributed by atoms with Crippen LogP contribution in [0.15, 0.2) is 0 Å². The van der Waals surface area contributed by atoms with Crippen LogP contribution in [0.5, 0.6) is 0 Å². The summed E-state index contributed by atoms with van der Waals surface area (Å²) >= 11 is 0. The first-order valence-electron chi connectivity index (χ1n) is 5.74. The molecule has 1 heteroatoms. The number of Topliss-reactive ketones (excluding diaryl/α,β-unsaturated/α-hetero) is 1. The van der Waals surface area contributed by atoms with Gasteiger partial charge in [-0.05, 0) is 24.7 Å². The number of hydrogen-bond donors (Lipinski definition) is 0. The van der Waals surface area contributed by atoms with Crippen molar-refractivity contribution in [2.75, 3.05) is 0 Å². The lowest BCUT2D eigenvalue weighted by Gasteiger charge is -2.17. The fraction of sp³-hybridized carbons (Fsp3) is 0.917. The minimum absolute atomic E-state index is 0.505. The molecule has 0 spiro atoms. The number of carbonyl (C=O) groups excluding carboxylic acids is 1. The van der Waals surface area contributed by atoms with Crippen molar-refractivity contribution >= 4 is 5.78 Å². The van der Waals surface area contributed by atoms with Crippen LogP contribution in [0.1, 0.15) is 58.8 Å². The Hall–Kier alpha value is -0.330. The van der Waals surface area contributed by atoms with Gasteiger partial charge in [-0.15, -0.1) is 0 Å². The zero-order chi connectivity index (χ0) is 9.68. The molecule has 0 radical (unpaired) electrons. The lowest BCUT2D eigenvalue weighted by molar-refractivity contribution is -0.119. The van der Waals surface area contributed by atoms with Crippen LogP contribution < -0.4 is 0 Å². The summed E-state index contributed by atoms with van der Waals surface area (Å²) in [5.41, 5.74) is 0. The summed E-state index contributed by atoms with van der Waals surface area (Å²) in [7, 11) is 0. The van der Waals surface area contributed by atoms with Crippen molar-refractivity contribution in [3.63, 3.8) is 0 Å². The molecule has 1 aliphatic carbocycles. The summed E-state index contributed by atoms with van der Waals surface area (Å²) in [6.45, 7) is 4.54. The molecule has 0 aromatic heterocycles. The maximum atomic E-state index is 11.4. The molecule has 0 aliphatic heterocycles. The fourth-order valence-corrected chi connectivity index (χ4v) is 2.22. The Morgan fingerprint density at radius 3 is 2.92 bits per heavy atom. The van der Waals surface area contributed by atoms with E-state index >= 15 is 0 Å². The number of rotatable bonds is 3. The topological polar surface area (TPSA) is 17.1 Å².